The topological polar surface area (TPSA) is 43.1 Å². The van der Waals surface area contributed by atoms with Crippen molar-refractivity contribution in [2.75, 3.05) is 0 Å². The van der Waals surface area contributed by atoms with Crippen LogP contribution in [0.15, 0.2) is 41.3 Å². The van der Waals surface area contributed by atoms with Crippen LogP contribution in [0.3, 0.4) is 0 Å². The van der Waals surface area contributed by atoms with Gasteiger partial charge < -0.3 is 0 Å². The molecule has 0 heterocycles. The van der Waals surface area contributed by atoms with E-state index in [1.54, 1.807) is 43.3 Å². The van der Waals surface area contributed by atoms with Gasteiger partial charge >= 0.3 is 0 Å². The summed E-state index contributed by atoms with van der Waals surface area (Å²) in [4.78, 5) is 0.412. The van der Waals surface area contributed by atoms with Gasteiger partial charge in [0.25, 0.3) is 0 Å². The first-order valence-corrected chi connectivity index (χ1v) is 7.81. The summed E-state index contributed by atoms with van der Waals surface area (Å²) in [7, 11) is -1.61. The maximum absolute atomic E-state index is 14.0. The summed E-state index contributed by atoms with van der Waals surface area (Å²) >= 11 is 6.05. The fourth-order valence-corrected chi connectivity index (χ4v) is 2.35. The molecule has 5 heteroatoms. The van der Waals surface area contributed by atoms with E-state index in [1.165, 1.54) is 0 Å². The quantitative estimate of drug-likeness (QED) is 0.873. The fourth-order valence-electron chi connectivity index (χ4n) is 1.69. The molecule has 0 aliphatic carbocycles. The lowest BCUT2D eigenvalue weighted by molar-refractivity contribution is 0.622. The average Bonchev–Trinajstić information content (AvgIpc) is 2.45. The lowest BCUT2D eigenvalue weighted by Crippen LogP contribution is -2.02. The number of benzene rings is 2. The van der Waals surface area contributed by atoms with E-state index in [1.807, 2.05) is 13.8 Å². The Balaban J connectivity index is 0.000000956. The van der Waals surface area contributed by atoms with E-state index in [4.69, 9.17) is 16.7 Å². The summed E-state index contributed by atoms with van der Waals surface area (Å²) in [6.07, 6.45) is 0. The lowest BCUT2D eigenvalue weighted by atomic mass is 10.0. The molecule has 108 valence electrons. The van der Waals surface area contributed by atoms with Crippen molar-refractivity contribution in [2.24, 2.45) is 5.14 Å². The minimum absolute atomic E-state index is 0.334. The molecule has 0 spiro atoms. The number of hydrogen-bond acceptors (Lipinski definition) is 1. The Morgan fingerprint density at radius 3 is 2.40 bits per heavy atom. The molecule has 0 aliphatic heterocycles. The summed E-state index contributed by atoms with van der Waals surface area (Å²) in [6, 6.07) is 9.74. The van der Waals surface area contributed by atoms with Gasteiger partial charge in [0.05, 0.1) is 4.90 Å². The van der Waals surface area contributed by atoms with Crippen molar-refractivity contribution in [2.45, 2.75) is 25.7 Å². The monoisotopic (exact) mass is 313 g/mol. The zero-order chi connectivity index (χ0) is 15.3. The van der Waals surface area contributed by atoms with Gasteiger partial charge in [-0.2, -0.15) is 0 Å². The van der Waals surface area contributed by atoms with Crippen LogP contribution in [-0.4, -0.2) is 4.21 Å². The molecule has 20 heavy (non-hydrogen) atoms. The molecular formula is C15H17ClFNOS. The molecule has 2 aromatic carbocycles. The van der Waals surface area contributed by atoms with Gasteiger partial charge in [-0.15, -0.1) is 0 Å². The zero-order valence-corrected chi connectivity index (χ0v) is 13.2. The van der Waals surface area contributed by atoms with E-state index < -0.39 is 11.0 Å². The van der Waals surface area contributed by atoms with Crippen LogP contribution >= 0.6 is 11.6 Å². The highest BCUT2D eigenvalue weighted by atomic mass is 35.5. The van der Waals surface area contributed by atoms with E-state index in [0.717, 1.165) is 0 Å². The van der Waals surface area contributed by atoms with Crippen LogP contribution in [-0.2, 0) is 11.0 Å². The third-order valence-electron chi connectivity index (χ3n) is 2.65. The maximum atomic E-state index is 14.0. The van der Waals surface area contributed by atoms with Crippen molar-refractivity contribution in [3.05, 3.63) is 52.8 Å². The van der Waals surface area contributed by atoms with Crippen molar-refractivity contribution in [1.82, 2.24) is 0 Å². The molecule has 0 radical (unpaired) electrons. The van der Waals surface area contributed by atoms with E-state index in [0.29, 0.717) is 26.6 Å². The molecule has 1 unspecified atom stereocenters. The molecule has 1 atom stereocenters. The average molecular weight is 314 g/mol. The molecule has 0 amide bonds. The van der Waals surface area contributed by atoms with Gasteiger partial charge in [-0.05, 0) is 30.7 Å². The van der Waals surface area contributed by atoms with Gasteiger partial charge in [-0.25, -0.2) is 13.7 Å². The van der Waals surface area contributed by atoms with E-state index in [-0.39, 0.29) is 5.82 Å². The molecule has 0 aliphatic rings. The molecular weight excluding hydrogens is 297 g/mol. The summed E-state index contributed by atoms with van der Waals surface area (Å²) in [5.74, 6) is -0.334. The maximum Gasteiger partial charge on any atom is 0.133 e. The first kappa shape index (κ1) is 16.8. The van der Waals surface area contributed by atoms with Crippen LogP contribution in [0.5, 0.6) is 0 Å². The summed E-state index contributed by atoms with van der Waals surface area (Å²) < 4.78 is 25.3. The Bertz CT molecular complexity index is 631. The van der Waals surface area contributed by atoms with Gasteiger partial charge in [-0.1, -0.05) is 43.6 Å². The second-order valence-corrected chi connectivity index (χ2v) is 5.35. The zero-order valence-electron chi connectivity index (χ0n) is 11.6. The third-order valence-corrected chi connectivity index (χ3v) is 3.70. The highest BCUT2D eigenvalue weighted by Gasteiger charge is 2.12. The Kier molecular flexibility index (Phi) is 6.33. The molecule has 0 aromatic heterocycles. The molecule has 2 aromatic rings. The van der Waals surface area contributed by atoms with Gasteiger partial charge in [0.1, 0.15) is 16.8 Å². The number of halogens is 2. The van der Waals surface area contributed by atoms with Crippen LogP contribution in [0.2, 0.25) is 5.02 Å². The summed E-state index contributed by atoms with van der Waals surface area (Å²) in [6.45, 7) is 5.68. The highest BCUT2D eigenvalue weighted by Crippen LogP contribution is 2.32. The van der Waals surface area contributed by atoms with Gasteiger partial charge in [0.2, 0.25) is 0 Å². The highest BCUT2D eigenvalue weighted by molar-refractivity contribution is 7.82. The molecule has 0 saturated carbocycles. The van der Waals surface area contributed by atoms with Crippen LogP contribution in [0.4, 0.5) is 4.39 Å². The third kappa shape index (κ3) is 3.66. The van der Waals surface area contributed by atoms with Gasteiger partial charge in [0.15, 0.2) is 0 Å². The molecule has 2 nitrogen and oxygen atoms in total. The van der Waals surface area contributed by atoms with Crippen LogP contribution in [0, 0.1) is 12.7 Å². The minimum Gasteiger partial charge on any atom is -0.248 e. The molecule has 2 rings (SSSR count). The van der Waals surface area contributed by atoms with Crippen LogP contribution in [0.25, 0.3) is 11.1 Å². The van der Waals surface area contributed by atoms with Gasteiger partial charge in [0, 0.05) is 16.1 Å². The SMILES string of the molecule is CC.Cc1cccc(-c2cc(S(N)=O)ccc2Cl)c1F. The van der Waals surface area contributed by atoms with Crippen molar-refractivity contribution >= 4 is 22.6 Å². The first-order valence-electron chi connectivity index (χ1n) is 6.22. The summed E-state index contributed by atoms with van der Waals surface area (Å²) in [5, 5.41) is 5.71. The van der Waals surface area contributed by atoms with Crippen molar-refractivity contribution in [1.29, 1.82) is 0 Å². The van der Waals surface area contributed by atoms with Crippen molar-refractivity contribution in [3.63, 3.8) is 0 Å². The Morgan fingerprint density at radius 2 is 1.80 bits per heavy atom. The fraction of sp³-hybridized carbons (Fsp3) is 0.200. The predicted octanol–water partition coefficient (Wildman–Crippen LogP) is 4.46. The predicted molar refractivity (Wildman–Crippen MR) is 83.5 cm³/mol. The normalized spacial score (nSPS) is 11.5. The van der Waals surface area contributed by atoms with Crippen LogP contribution in [0.1, 0.15) is 19.4 Å². The van der Waals surface area contributed by atoms with E-state index >= 15 is 0 Å². The number of nitrogens with two attached hydrogens (primary N) is 1. The number of hydrogen-bond donors (Lipinski definition) is 1. The Hall–Kier alpha value is -1.23. The second kappa shape index (κ2) is 7.53. The van der Waals surface area contributed by atoms with Gasteiger partial charge in [-0.3, -0.25) is 0 Å². The minimum atomic E-state index is -1.61. The van der Waals surface area contributed by atoms with E-state index in [9.17, 15) is 8.60 Å². The lowest BCUT2D eigenvalue weighted by Gasteiger charge is -2.09. The van der Waals surface area contributed by atoms with Crippen LogP contribution < -0.4 is 5.14 Å². The molecule has 0 saturated heterocycles. The number of aryl methyl sites for hydroxylation is 1. The number of rotatable bonds is 2. The second-order valence-electron chi connectivity index (χ2n) is 3.88. The molecule has 0 bridgehead atoms. The largest absolute Gasteiger partial charge is 0.248 e. The molecule has 2 N–H and O–H groups in total. The molecule has 0 fully saturated rings. The van der Waals surface area contributed by atoms with Crippen molar-refractivity contribution < 1.29 is 8.60 Å². The standard InChI is InChI=1S/C13H11ClFNOS.C2H6/c1-8-3-2-4-10(13(8)15)11-7-9(18(16)17)5-6-12(11)14;1-2/h2-7H,16H2,1H3;1-2H3. The Morgan fingerprint density at radius 1 is 1.15 bits per heavy atom. The first-order chi connectivity index (χ1) is 9.50. The smallest absolute Gasteiger partial charge is 0.133 e. The summed E-state index contributed by atoms with van der Waals surface area (Å²) in [5.41, 5.74) is 1.41. The van der Waals surface area contributed by atoms with Crippen molar-refractivity contribution in [3.8, 4) is 11.1 Å². The Labute approximate surface area is 126 Å². The van der Waals surface area contributed by atoms with E-state index in [2.05, 4.69) is 0 Å².